The lowest BCUT2D eigenvalue weighted by Crippen LogP contribution is -2.37. The maximum absolute atomic E-state index is 12.6. The number of amides is 1. The molecule has 0 N–H and O–H groups in total. The van der Waals surface area contributed by atoms with Crippen LogP contribution in [-0.4, -0.2) is 24.1 Å². The van der Waals surface area contributed by atoms with Crippen LogP contribution < -0.4 is 10.4 Å². The quantitative estimate of drug-likeness (QED) is 0.616. The van der Waals surface area contributed by atoms with Crippen LogP contribution in [0.2, 0.25) is 0 Å². The average Bonchev–Trinajstić information content (AvgIpc) is 2.69. The van der Waals surface area contributed by atoms with Gasteiger partial charge in [-0.15, -0.1) is 0 Å². The molecule has 5 nitrogen and oxygen atoms in total. The standard InChI is InChI=1S/C22H21NO4/c1-15-18-11-10-17(26-22(25)23-12-6-3-7-13-23)14-19(18)27-21(24)20(15)16-8-4-2-5-9-16/h2,4-5,8-11,14H,3,6-7,12-13H2,1H3. The second kappa shape index (κ2) is 7.27. The summed E-state index contributed by atoms with van der Waals surface area (Å²) in [5.41, 5.74) is 2.25. The largest absolute Gasteiger partial charge is 0.422 e. The minimum Gasteiger partial charge on any atom is -0.422 e. The summed E-state index contributed by atoms with van der Waals surface area (Å²) in [5.74, 6) is 0.382. The van der Waals surface area contributed by atoms with Gasteiger partial charge in [-0.2, -0.15) is 0 Å². The van der Waals surface area contributed by atoms with E-state index in [-0.39, 0.29) is 6.09 Å². The highest BCUT2D eigenvalue weighted by atomic mass is 16.6. The summed E-state index contributed by atoms with van der Waals surface area (Å²) in [4.78, 5) is 26.6. The molecule has 0 bridgehead atoms. The van der Waals surface area contributed by atoms with Gasteiger partial charge < -0.3 is 14.1 Å². The van der Waals surface area contributed by atoms with Crippen LogP contribution in [-0.2, 0) is 0 Å². The number of hydrogen-bond donors (Lipinski definition) is 0. The van der Waals surface area contributed by atoms with E-state index in [2.05, 4.69) is 0 Å². The number of ether oxygens (including phenoxy) is 1. The molecule has 2 aromatic carbocycles. The van der Waals surface area contributed by atoms with Gasteiger partial charge in [-0.05, 0) is 49.4 Å². The summed E-state index contributed by atoms with van der Waals surface area (Å²) in [6, 6.07) is 14.7. The van der Waals surface area contributed by atoms with E-state index in [4.69, 9.17) is 9.15 Å². The molecule has 0 unspecified atom stereocenters. The van der Waals surface area contributed by atoms with E-state index in [1.165, 1.54) is 0 Å². The third kappa shape index (κ3) is 3.45. The smallest absolute Gasteiger partial charge is 0.415 e. The van der Waals surface area contributed by atoms with Crippen LogP contribution in [0.1, 0.15) is 24.8 Å². The molecule has 0 atom stereocenters. The van der Waals surface area contributed by atoms with E-state index in [0.717, 1.165) is 48.9 Å². The molecule has 1 fully saturated rings. The van der Waals surface area contributed by atoms with Gasteiger partial charge in [0.2, 0.25) is 0 Å². The van der Waals surface area contributed by atoms with Crippen LogP contribution in [0.4, 0.5) is 4.79 Å². The lowest BCUT2D eigenvalue weighted by atomic mass is 10.00. The van der Waals surface area contributed by atoms with E-state index in [1.54, 1.807) is 17.0 Å². The second-order valence-electron chi connectivity index (χ2n) is 6.83. The van der Waals surface area contributed by atoms with Crippen molar-refractivity contribution in [2.75, 3.05) is 13.1 Å². The molecule has 1 aliphatic rings. The number of nitrogens with zero attached hydrogens (tertiary/aromatic N) is 1. The van der Waals surface area contributed by atoms with Gasteiger partial charge in [-0.3, -0.25) is 0 Å². The predicted molar refractivity (Wildman–Crippen MR) is 104 cm³/mol. The number of aryl methyl sites for hydroxylation is 1. The molecule has 2 heterocycles. The number of fused-ring (bicyclic) bond motifs is 1. The summed E-state index contributed by atoms with van der Waals surface area (Å²) in [5, 5.41) is 0.825. The minimum absolute atomic E-state index is 0.353. The highest BCUT2D eigenvalue weighted by Crippen LogP contribution is 2.29. The monoisotopic (exact) mass is 363 g/mol. The van der Waals surface area contributed by atoms with Crippen molar-refractivity contribution in [3.8, 4) is 16.9 Å². The number of carbonyl (C=O) groups excluding carboxylic acids is 1. The summed E-state index contributed by atoms with van der Waals surface area (Å²) >= 11 is 0. The molecule has 27 heavy (non-hydrogen) atoms. The van der Waals surface area contributed by atoms with Gasteiger partial charge in [0.15, 0.2) is 0 Å². The molecule has 4 rings (SSSR count). The first-order valence-corrected chi connectivity index (χ1v) is 9.23. The fourth-order valence-corrected chi connectivity index (χ4v) is 3.58. The summed E-state index contributed by atoms with van der Waals surface area (Å²) in [6.07, 6.45) is 2.80. The second-order valence-corrected chi connectivity index (χ2v) is 6.83. The first-order chi connectivity index (χ1) is 13.1. The third-order valence-corrected chi connectivity index (χ3v) is 5.02. The number of piperidine rings is 1. The van der Waals surface area contributed by atoms with Crippen LogP contribution >= 0.6 is 0 Å². The highest BCUT2D eigenvalue weighted by Gasteiger charge is 2.19. The summed E-state index contributed by atoms with van der Waals surface area (Å²) in [7, 11) is 0. The third-order valence-electron chi connectivity index (χ3n) is 5.02. The Morgan fingerprint density at radius 2 is 1.78 bits per heavy atom. The minimum atomic E-state index is -0.397. The lowest BCUT2D eigenvalue weighted by Gasteiger charge is -2.25. The Morgan fingerprint density at radius 1 is 1.04 bits per heavy atom. The Hall–Kier alpha value is -3.08. The van der Waals surface area contributed by atoms with Crippen LogP contribution in [0.15, 0.2) is 57.7 Å². The molecule has 1 saturated heterocycles. The zero-order chi connectivity index (χ0) is 18.8. The molecule has 0 aliphatic carbocycles. The van der Waals surface area contributed by atoms with E-state index >= 15 is 0 Å². The summed E-state index contributed by atoms with van der Waals surface area (Å²) < 4.78 is 11.0. The number of hydrogen-bond acceptors (Lipinski definition) is 4. The molecule has 1 amide bonds. The van der Waals surface area contributed by atoms with Crippen LogP contribution in [0, 0.1) is 6.92 Å². The van der Waals surface area contributed by atoms with Crippen molar-refractivity contribution in [2.45, 2.75) is 26.2 Å². The fourth-order valence-electron chi connectivity index (χ4n) is 3.58. The van der Waals surface area contributed by atoms with E-state index < -0.39 is 5.63 Å². The van der Waals surface area contributed by atoms with Crippen molar-refractivity contribution >= 4 is 17.1 Å². The van der Waals surface area contributed by atoms with Gasteiger partial charge >= 0.3 is 11.7 Å². The van der Waals surface area contributed by atoms with Gasteiger partial charge in [0.05, 0.1) is 5.56 Å². The molecule has 1 aliphatic heterocycles. The maximum Gasteiger partial charge on any atom is 0.415 e. The Morgan fingerprint density at radius 3 is 2.52 bits per heavy atom. The van der Waals surface area contributed by atoms with E-state index in [9.17, 15) is 9.59 Å². The van der Waals surface area contributed by atoms with Gasteiger partial charge in [0.1, 0.15) is 11.3 Å². The molecule has 0 saturated carbocycles. The van der Waals surface area contributed by atoms with Crippen molar-refractivity contribution in [3.05, 3.63) is 64.5 Å². The van der Waals surface area contributed by atoms with Crippen molar-refractivity contribution in [2.24, 2.45) is 0 Å². The fraction of sp³-hybridized carbons (Fsp3) is 0.273. The van der Waals surface area contributed by atoms with E-state index in [1.807, 2.05) is 43.3 Å². The van der Waals surface area contributed by atoms with E-state index in [0.29, 0.717) is 16.9 Å². The Labute approximate surface area is 157 Å². The number of likely N-dealkylation sites (tertiary alicyclic amines) is 1. The molecular formula is C22H21NO4. The SMILES string of the molecule is Cc1c(-c2ccccc2)c(=O)oc2cc(OC(=O)N3CCCCC3)ccc12. The Bertz CT molecular complexity index is 1030. The van der Waals surface area contributed by atoms with Gasteiger partial charge in [-0.25, -0.2) is 9.59 Å². The van der Waals surface area contributed by atoms with Crippen molar-refractivity contribution in [3.63, 3.8) is 0 Å². The van der Waals surface area contributed by atoms with Crippen molar-refractivity contribution in [1.82, 2.24) is 4.90 Å². The highest BCUT2D eigenvalue weighted by molar-refractivity contribution is 5.87. The zero-order valence-corrected chi connectivity index (χ0v) is 15.2. The van der Waals surface area contributed by atoms with Crippen molar-refractivity contribution < 1.29 is 13.9 Å². The van der Waals surface area contributed by atoms with Crippen LogP contribution in [0.25, 0.3) is 22.1 Å². The molecule has 3 aromatic rings. The molecular weight excluding hydrogens is 342 g/mol. The molecule has 5 heteroatoms. The topological polar surface area (TPSA) is 59.8 Å². The number of rotatable bonds is 2. The number of benzene rings is 2. The van der Waals surface area contributed by atoms with Crippen molar-refractivity contribution in [1.29, 1.82) is 0 Å². The van der Waals surface area contributed by atoms with Gasteiger partial charge in [-0.1, -0.05) is 30.3 Å². The first kappa shape index (κ1) is 17.3. The molecule has 1 aromatic heterocycles. The first-order valence-electron chi connectivity index (χ1n) is 9.23. The van der Waals surface area contributed by atoms with Gasteiger partial charge in [0, 0.05) is 24.5 Å². The summed E-state index contributed by atoms with van der Waals surface area (Å²) in [6.45, 7) is 3.35. The number of carbonyl (C=O) groups is 1. The molecule has 138 valence electrons. The zero-order valence-electron chi connectivity index (χ0n) is 15.2. The Kier molecular flexibility index (Phi) is 4.67. The normalized spacial score (nSPS) is 14.3. The maximum atomic E-state index is 12.6. The van der Waals surface area contributed by atoms with Crippen LogP contribution in [0.3, 0.4) is 0 Å². The van der Waals surface area contributed by atoms with Gasteiger partial charge in [0.25, 0.3) is 0 Å². The Balaban J connectivity index is 1.67. The van der Waals surface area contributed by atoms with Crippen LogP contribution in [0.5, 0.6) is 5.75 Å². The predicted octanol–water partition coefficient (Wildman–Crippen LogP) is 4.75. The lowest BCUT2D eigenvalue weighted by molar-refractivity contribution is 0.142. The average molecular weight is 363 g/mol. The molecule has 0 radical (unpaired) electrons. The molecule has 0 spiro atoms.